The third kappa shape index (κ3) is 6.99. The van der Waals surface area contributed by atoms with Gasteiger partial charge in [-0.1, -0.05) is 20.8 Å². The molecule has 1 fully saturated rings. The second-order valence-electron chi connectivity index (χ2n) is 8.14. The summed E-state index contributed by atoms with van der Waals surface area (Å²) in [7, 11) is -3.22. The molecule has 0 bridgehead atoms. The molecule has 1 aromatic heterocycles. The van der Waals surface area contributed by atoms with Gasteiger partial charge in [-0.25, -0.2) is 18.2 Å². The predicted octanol–water partition coefficient (Wildman–Crippen LogP) is 2.77. The van der Waals surface area contributed by atoms with Crippen molar-refractivity contribution in [1.82, 2.24) is 9.88 Å². The van der Waals surface area contributed by atoms with Gasteiger partial charge in [0, 0.05) is 38.0 Å². The summed E-state index contributed by atoms with van der Waals surface area (Å²) < 4.78 is 22.9. The summed E-state index contributed by atoms with van der Waals surface area (Å²) in [5.41, 5.74) is 5.79. The summed E-state index contributed by atoms with van der Waals surface area (Å²) in [5, 5.41) is 3.25. The second-order valence-corrected chi connectivity index (χ2v) is 10.2. The largest absolute Gasteiger partial charge is 0.387 e. The van der Waals surface area contributed by atoms with Crippen LogP contribution in [0.15, 0.2) is 28.2 Å². The van der Waals surface area contributed by atoms with Gasteiger partial charge in [0.1, 0.15) is 11.7 Å². The number of hydrogen-bond acceptors (Lipinski definition) is 5. The number of nitrogens with one attached hydrogen (secondary N) is 1. The number of nitrogens with two attached hydrogens (primary N) is 1. The van der Waals surface area contributed by atoms with Crippen LogP contribution in [0.5, 0.6) is 0 Å². The summed E-state index contributed by atoms with van der Waals surface area (Å²) >= 11 is 0. The highest BCUT2D eigenvalue weighted by molar-refractivity contribution is 7.90. The molecule has 1 aliphatic rings. The monoisotopic (exact) mass is 423 g/mol. The first-order valence-electron chi connectivity index (χ1n) is 10.1. The van der Waals surface area contributed by atoms with Crippen molar-refractivity contribution >= 4 is 27.5 Å². The summed E-state index contributed by atoms with van der Waals surface area (Å²) in [6.45, 7) is 8.27. The van der Waals surface area contributed by atoms with E-state index in [0.717, 1.165) is 25.8 Å². The third-order valence-electron chi connectivity index (χ3n) is 5.50. The van der Waals surface area contributed by atoms with E-state index < -0.39 is 9.84 Å². The number of aromatic nitrogens is 1. The number of sulfone groups is 1. The zero-order chi connectivity index (χ0) is 21.6. The Morgan fingerprint density at radius 1 is 1.31 bits per heavy atom. The molecule has 0 unspecified atom stereocenters. The molecule has 0 radical (unpaired) electrons. The number of amides is 2. The van der Waals surface area contributed by atoms with Crippen LogP contribution >= 0.6 is 0 Å². The smallest absolute Gasteiger partial charge is 0.345 e. The zero-order valence-corrected chi connectivity index (χ0v) is 18.6. The van der Waals surface area contributed by atoms with Crippen LogP contribution in [0.25, 0.3) is 0 Å². The first kappa shape index (κ1) is 23.1. The van der Waals surface area contributed by atoms with Crippen molar-refractivity contribution in [2.75, 3.05) is 31.2 Å². The van der Waals surface area contributed by atoms with E-state index in [1.54, 1.807) is 17.0 Å². The summed E-state index contributed by atoms with van der Waals surface area (Å²) in [5.74, 6) is 2.20. The van der Waals surface area contributed by atoms with E-state index in [2.05, 4.69) is 22.2 Å². The Hall–Kier alpha value is -2.16. The molecule has 2 amide bonds. The van der Waals surface area contributed by atoms with E-state index in [-0.39, 0.29) is 16.8 Å². The van der Waals surface area contributed by atoms with Gasteiger partial charge in [0.05, 0.1) is 4.90 Å². The second kappa shape index (κ2) is 10.0. The molecule has 0 aromatic carbocycles. The van der Waals surface area contributed by atoms with Gasteiger partial charge in [-0.3, -0.25) is 0 Å². The number of carbonyl (C=O) groups excluding carboxylic acids is 1. The van der Waals surface area contributed by atoms with Gasteiger partial charge >= 0.3 is 6.03 Å². The maximum Gasteiger partial charge on any atom is 0.345 e. The molecule has 29 heavy (non-hydrogen) atoms. The summed E-state index contributed by atoms with van der Waals surface area (Å²) in [6, 6.07) is 3.02. The number of anilines is 1. The quantitative estimate of drug-likeness (QED) is 0.514. The fraction of sp³-hybridized carbons (Fsp3) is 0.650. The molecule has 2 heterocycles. The summed E-state index contributed by atoms with van der Waals surface area (Å²) in [6.07, 6.45) is 5.45. The number of hydrogen-bond donors (Lipinski definition) is 2. The molecule has 0 saturated carbocycles. The minimum atomic E-state index is -3.22. The van der Waals surface area contributed by atoms with E-state index >= 15 is 0 Å². The van der Waals surface area contributed by atoms with Crippen LogP contribution in [0.1, 0.15) is 40.0 Å². The maximum absolute atomic E-state index is 12.2. The van der Waals surface area contributed by atoms with Gasteiger partial charge in [0.25, 0.3) is 0 Å². The lowest BCUT2D eigenvalue weighted by Gasteiger charge is -2.34. The van der Waals surface area contributed by atoms with Gasteiger partial charge in [-0.15, -0.1) is 0 Å². The van der Waals surface area contributed by atoms with Crippen LogP contribution < -0.4 is 11.1 Å². The van der Waals surface area contributed by atoms with E-state index in [0.29, 0.717) is 36.6 Å². The van der Waals surface area contributed by atoms with Crippen molar-refractivity contribution in [3.8, 4) is 0 Å². The third-order valence-corrected chi connectivity index (χ3v) is 6.60. The Labute approximate surface area is 173 Å². The normalized spacial score (nSPS) is 17.4. The van der Waals surface area contributed by atoms with Crippen molar-refractivity contribution in [1.29, 1.82) is 0 Å². The van der Waals surface area contributed by atoms with E-state index in [9.17, 15) is 13.2 Å². The van der Waals surface area contributed by atoms with Crippen molar-refractivity contribution in [2.45, 2.75) is 44.9 Å². The van der Waals surface area contributed by atoms with E-state index in [1.165, 1.54) is 12.5 Å². The molecule has 1 saturated heterocycles. The summed E-state index contributed by atoms with van der Waals surface area (Å²) in [4.78, 5) is 22.4. The van der Waals surface area contributed by atoms with Crippen molar-refractivity contribution in [2.24, 2.45) is 28.5 Å². The average molecular weight is 424 g/mol. The fourth-order valence-corrected chi connectivity index (χ4v) is 3.90. The van der Waals surface area contributed by atoms with E-state index in [1.807, 2.05) is 13.8 Å². The number of nitrogens with zero attached hydrogens (tertiary/aromatic N) is 3. The Kier molecular flexibility index (Phi) is 8.01. The Balaban J connectivity index is 1.75. The lowest BCUT2D eigenvalue weighted by atomic mass is 9.83. The van der Waals surface area contributed by atoms with Crippen LogP contribution in [0.3, 0.4) is 0 Å². The lowest BCUT2D eigenvalue weighted by molar-refractivity contribution is 0.158. The molecule has 0 spiro atoms. The van der Waals surface area contributed by atoms with Crippen LogP contribution in [-0.4, -0.2) is 56.1 Å². The molecule has 8 nitrogen and oxygen atoms in total. The molecular weight excluding hydrogens is 390 g/mol. The number of amidine groups is 1. The molecule has 9 heteroatoms. The Bertz CT molecular complexity index is 813. The van der Waals surface area contributed by atoms with Gasteiger partial charge in [-0.2, -0.15) is 4.99 Å². The number of rotatable bonds is 7. The first-order valence-corrected chi connectivity index (χ1v) is 12.0. The van der Waals surface area contributed by atoms with E-state index in [4.69, 9.17) is 5.73 Å². The van der Waals surface area contributed by atoms with Crippen LogP contribution in [0, 0.1) is 17.8 Å². The average Bonchev–Trinajstić information content (AvgIpc) is 2.67. The maximum atomic E-state index is 12.2. The van der Waals surface area contributed by atoms with Crippen LogP contribution in [0.2, 0.25) is 0 Å². The number of pyridine rings is 1. The number of piperidine rings is 1. The molecule has 162 valence electrons. The van der Waals surface area contributed by atoms with Crippen molar-refractivity contribution < 1.29 is 13.2 Å². The molecule has 1 atom stereocenters. The van der Waals surface area contributed by atoms with Gasteiger partial charge in [0.2, 0.25) is 0 Å². The highest BCUT2D eigenvalue weighted by Gasteiger charge is 2.26. The first-order chi connectivity index (χ1) is 13.6. The number of likely N-dealkylation sites (tertiary alicyclic amines) is 1. The van der Waals surface area contributed by atoms with Crippen LogP contribution in [-0.2, 0) is 9.84 Å². The highest BCUT2D eigenvalue weighted by Crippen LogP contribution is 2.27. The number of carbonyl (C=O) groups is 1. The zero-order valence-electron chi connectivity index (χ0n) is 17.8. The minimum Gasteiger partial charge on any atom is -0.387 e. The van der Waals surface area contributed by atoms with Crippen molar-refractivity contribution in [3.63, 3.8) is 0 Å². The van der Waals surface area contributed by atoms with Gasteiger partial charge < -0.3 is 16.0 Å². The Morgan fingerprint density at radius 2 is 1.97 bits per heavy atom. The molecule has 3 N–H and O–H groups in total. The molecule has 1 aromatic rings. The Morgan fingerprint density at radius 3 is 2.48 bits per heavy atom. The lowest BCUT2D eigenvalue weighted by Crippen LogP contribution is -2.39. The highest BCUT2D eigenvalue weighted by atomic mass is 32.2. The van der Waals surface area contributed by atoms with Crippen LogP contribution in [0.4, 0.5) is 10.6 Å². The fourth-order valence-electron chi connectivity index (χ4n) is 3.34. The van der Waals surface area contributed by atoms with Crippen molar-refractivity contribution in [3.05, 3.63) is 18.3 Å². The standard InChI is InChI=1S/C20H33N5O3S/c1-14(2)19(21)24-20(26)25-11-8-16(9-12-25)15(3)7-10-22-18-6-5-17(13-23-18)29(4,27)28/h5-6,13-16H,7-12H2,1-4H3,(H,22,23)(H2,21,24,26)/t15-/m1/s1. The molecule has 0 aliphatic carbocycles. The number of urea groups is 1. The number of aliphatic imine (C=N–C) groups is 1. The van der Waals surface area contributed by atoms with Gasteiger partial charge in [-0.05, 0) is 43.2 Å². The molecular formula is C20H33N5O3S. The molecule has 2 rings (SSSR count). The SMILES string of the molecule is CC(C)C(N)=NC(=O)N1CCC([C@H](C)CCNc2ccc(S(C)(=O)=O)cn2)CC1. The predicted molar refractivity (Wildman–Crippen MR) is 116 cm³/mol. The minimum absolute atomic E-state index is 0.0704. The van der Waals surface area contributed by atoms with Gasteiger partial charge in [0.15, 0.2) is 9.84 Å². The topological polar surface area (TPSA) is 118 Å². The molecule has 1 aliphatic heterocycles.